The van der Waals surface area contributed by atoms with Crippen LogP contribution in [0.5, 0.6) is 0 Å². The molecule has 0 saturated carbocycles. The molecular weight excluding hydrogens is 342 g/mol. The number of Topliss-reactive ketones (excluding diaryl/α,β-unsaturated/α-hetero) is 1. The van der Waals surface area contributed by atoms with Crippen molar-refractivity contribution in [3.05, 3.63) is 77.6 Å². The van der Waals surface area contributed by atoms with Crippen LogP contribution < -0.4 is 10.7 Å². The van der Waals surface area contributed by atoms with E-state index >= 15 is 0 Å². The second-order valence-corrected chi connectivity index (χ2v) is 6.05. The Hall–Kier alpha value is -3.41. The van der Waals surface area contributed by atoms with Crippen molar-refractivity contribution in [1.82, 2.24) is 0 Å². The predicted molar refractivity (Wildman–Crippen MR) is 104 cm³/mol. The smallest absolute Gasteiger partial charge is 0.338 e. The first-order valence-corrected chi connectivity index (χ1v) is 8.71. The van der Waals surface area contributed by atoms with Crippen LogP contribution in [0.1, 0.15) is 25.3 Å². The molecule has 0 amide bonds. The molecule has 6 nitrogen and oxygen atoms in total. The number of ether oxygens (including phenoxy) is 1. The summed E-state index contributed by atoms with van der Waals surface area (Å²) in [5, 5.41) is 5.91. The van der Waals surface area contributed by atoms with E-state index in [0.29, 0.717) is 5.69 Å². The van der Waals surface area contributed by atoms with Crippen LogP contribution in [0.2, 0.25) is 0 Å². The molecule has 2 aromatic carbocycles. The summed E-state index contributed by atoms with van der Waals surface area (Å²) in [6.07, 6.45) is 0. The Balaban J connectivity index is 2.22. The van der Waals surface area contributed by atoms with Gasteiger partial charge in [-0.05, 0) is 24.6 Å². The highest BCUT2D eigenvalue weighted by molar-refractivity contribution is 6.43. The number of nitrogens with zero attached hydrogens (tertiary/aromatic N) is 2. The fourth-order valence-corrected chi connectivity index (χ4v) is 3.06. The molecule has 2 aromatic rings. The van der Waals surface area contributed by atoms with Crippen molar-refractivity contribution in [1.29, 1.82) is 0 Å². The zero-order valence-corrected chi connectivity index (χ0v) is 15.3. The molecule has 0 bridgehead atoms. The highest BCUT2D eigenvalue weighted by atomic mass is 16.5. The number of hydrogen-bond donors (Lipinski definition) is 1. The number of ketones is 1. The molecule has 0 spiro atoms. The van der Waals surface area contributed by atoms with Gasteiger partial charge in [0.25, 0.3) is 0 Å². The molecule has 0 aromatic heterocycles. The molecule has 0 fully saturated rings. The van der Waals surface area contributed by atoms with Gasteiger partial charge in [-0.3, -0.25) is 4.79 Å². The lowest BCUT2D eigenvalue weighted by atomic mass is 9.84. The average Bonchev–Trinajstić information content (AvgIpc) is 2.68. The van der Waals surface area contributed by atoms with Crippen molar-refractivity contribution in [2.24, 2.45) is 10.8 Å². The third kappa shape index (κ3) is 3.60. The number of benzene rings is 2. The van der Waals surface area contributed by atoms with Gasteiger partial charge in [-0.2, -0.15) is 5.10 Å². The van der Waals surface area contributed by atoms with Gasteiger partial charge in [0.2, 0.25) is 0 Å². The van der Waals surface area contributed by atoms with Gasteiger partial charge in [0.1, 0.15) is 11.5 Å². The second-order valence-electron chi connectivity index (χ2n) is 6.05. The molecule has 3 rings (SSSR count). The van der Waals surface area contributed by atoms with Gasteiger partial charge in [0.05, 0.1) is 23.8 Å². The lowest BCUT2D eigenvalue weighted by Gasteiger charge is -2.32. The molecular formula is C21H21N3O3. The summed E-state index contributed by atoms with van der Waals surface area (Å²) >= 11 is 0. The maximum Gasteiger partial charge on any atom is 0.338 e. The van der Waals surface area contributed by atoms with Crippen LogP contribution in [0.15, 0.2) is 77.2 Å². The highest BCUT2D eigenvalue weighted by Crippen LogP contribution is 2.35. The standard InChI is InChI=1S/C21H21N3O3/c1-3-27-21(26)18-17(15-10-6-4-7-11-15)19(14(2)25)23-24(20(18)22)16-12-8-5-9-13-16/h4-13,17H,3,22H2,1-2H3. The molecule has 1 heterocycles. The molecule has 0 aliphatic carbocycles. The number of rotatable bonds is 5. The fraction of sp³-hybridized carbons (Fsp3) is 0.190. The number of nitrogens with two attached hydrogens (primary N) is 1. The summed E-state index contributed by atoms with van der Waals surface area (Å²) in [6, 6.07) is 18.4. The SMILES string of the molecule is CCOC(=O)C1=C(N)N(c2ccccc2)N=C(C(C)=O)C1c1ccccc1. The summed E-state index contributed by atoms with van der Waals surface area (Å²) in [5.41, 5.74) is 8.23. The maximum atomic E-state index is 12.8. The van der Waals surface area contributed by atoms with Gasteiger partial charge in [0.15, 0.2) is 5.78 Å². The Morgan fingerprint density at radius 3 is 2.22 bits per heavy atom. The van der Waals surface area contributed by atoms with Gasteiger partial charge in [-0.1, -0.05) is 48.5 Å². The first-order valence-electron chi connectivity index (χ1n) is 8.71. The first-order chi connectivity index (χ1) is 13.0. The van der Waals surface area contributed by atoms with Crippen molar-refractivity contribution >= 4 is 23.2 Å². The van der Waals surface area contributed by atoms with Crippen molar-refractivity contribution in [3.63, 3.8) is 0 Å². The summed E-state index contributed by atoms with van der Waals surface area (Å²) < 4.78 is 5.25. The molecule has 0 radical (unpaired) electrons. The topological polar surface area (TPSA) is 85.0 Å². The summed E-state index contributed by atoms with van der Waals surface area (Å²) in [5.74, 6) is -1.32. The number of carbonyl (C=O) groups is 2. The quantitative estimate of drug-likeness (QED) is 0.826. The lowest BCUT2D eigenvalue weighted by molar-refractivity contribution is -0.138. The molecule has 6 heteroatoms. The van der Waals surface area contributed by atoms with Crippen LogP contribution >= 0.6 is 0 Å². The van der Waals surface area contributed by atoms with Crippen molar-refractivity contribution < 1.29 is 14.3 Å². The molecule has 0 saturated heterocycles. The summed E-state index contributed by atoms with van der Waals surface area (Å²) in [6.45, 7) is 3.36. The maximum absolute atomic E-state index is 12.8. The Kier molecular flexibility index (Phi) is 5.35. The lowest BCUT2D eigenvalue weighted by Crippen LogP contribution is -2.39. The third-order valence-electron chi connectivity index (χ3n) is 4.26. The second kappa shape index (κ2) is 7.86. The normalized spacial score (nSPS) is 16.7. The minimum Gasteiger partial charge on any atom is -0.463 e. The first kappa shape index (κ1) is 18.4. The van der Waals surface area contributed by atoms with Crippen LogP contribution in [0, 0.1) is 0 Å². The van der Waals surface area contributed by atoms with E-state index in [1.165, 1.54) is 11.9 Å². The predicted octanol–water partition coefficient (Wildman–Crippen LogP) is 2.97. The minimum absolute atomic E-state index is 0.151. The van der Waals surface area contributed by atoms with Crippen molar-refractivity contribution in [2.75, 3.05) is 11.6 Å². The van der Waals surface area contributed by atoms with Crippen LogP contribution in [0.25, 0.3) is 0 Å². The minimum atomic E-state index is -0.678. The van der Waals surface area contributed by atoms with E-state index in [2.05, 4.69) is 5.10 Å². The Labute approximate surface area is 157 Å². The van der Waals surface area contributed by atoms with E-state index in [1.54, 1.807) is 19.1 Å². The van der Waals surface area contributed by atoms with Gasteiger partial charge in [-0.15, -0.1) is 0 Å². The number of esters is 1. The van der Waals surface area contributed by atoms with E-state index in [-0.39, 0.29) is 29.5 Å². The van der Waals surface area contributed by atoms with Gasteiger partial charge in [0, 0.05) is 6.92 Å². The summed E-state index contributed by atoms with van der Waals surface area (Å²) in [4.78, 5) is 25.2. The number of hydrazone groups is 1. The Morgan fingerprint density at radius 2 is 1.67 bits per heavy atom. The zero-order chi connectivity index (χ0) is 19.4. The number of hydrogen-bond acceptors (Lipinski definition) is 6. The zero-order valence-electron chi connectivity index (χ0n) is 15.3. The van der Waals surface area contributed by atoms with Crippen LogP contribution in [-0.2, 0) is 14.3 Å². The molecule has 2 N–H and O–H groups in total. The Morgan fingerprint density at radius 1 is 1.07 bits per heavy atom. The van der Waals surface area contributed by atoms with E-state index in [0.717, 1.165) is 5.56 Å². The van der Waals surface area contributed by atoms with Crippen LogP contribution in [0.3, 0.4) is 0 Å². The van der Waals surface area contributed by atoms with E-state index in [1.807, 2.05) is 48.5 Å². The van der Waals surface area contributed by atoms with Crippen molar-refractivity contribution in [2.45, 2.75) is 19.8 Å². The Bertz CT molecular complexity index is 905. The summed E-state index contributed by atoms with van der Waals surface area (Å²) in [7, 11) is 0. The van der Waals surface area contributed by atoms with Crippen LogP contribution in [-0.4, -0.2) is 24.1 Å². The van der Waals surface area contributed by atoms with Crippen molar-refractivity contribution in [3.8, 4) is 0 Å². The fourth-order valence-electron chi connectivity index (χ4n) is 3.06. The van der Waals surface area contributed by atoms with E-state index < -0.39 is 11.9 Å². The molecule has 1 aliphatic heterocycles. The monoisotopic (exact) mass is 363 g/mol. The van der Waals surface area contributed by atoms with Gasteiger partial charge in [-0.25, -0.2) is 9.80 Å². The molecule has 1 aliphatic rings. The molecule has 27 heavy (non-hydrogen) atoms. The van der Waals surface area contributed by atoms with E-state index in [9.17, 15) is 9.59 Å². The highest BCUT2D eigenvalue weighted by Gasteiger charge is 2.38. The largest absolute Gasteiger partial charge is 0.463 e. The van der Waals surface area contributed by atoms with Gasteiger partial charge < -0.3 is 10.5 Å². The van der Waals surface area contributed by atoms with Crippen LogP contribution in [0.4, 0.5) is 5.69 Å². The number of anilines is 1. The molecule has 138 valence electrons. The number of para-hydroxylation sites is 1. The molecule has 1 atom stereocenters. The third-order valence-corrected chi connectivity index (χ3v) is 4.26. The molecule has 1 unspecified atom stereocenters. The number of carbonyl (C=O) groups excluding carboxylic acids is 2. The van der Waals surface area contributed by atoms with E-state index in [4.69, 9.17) is 10.5 Å². The average molecular weight is 363 g/mol. The van der Waals surface area contributed by atoms with Gasteiger partial charge >= 0.3 is 5.97 Å².